The molecule has 0 fully saturated rings. The maximum absolute atomic E-state index is 12.9. The Morgan fingerprint density at radius 1 is 1.15 bits per heavy atom. The number of nitriles is 1. The lowest BCUT2D eigenvalue weighted by molar-refractivity contribution is -0.384. The van der Waals surface area contributed by atoms with E-state index < -0.39 is 22.4 Å². The van der Waals surface area contributed by atoms with Crippen LogP contribution in [0.4, 0.5) is 30.4 Å². The minimum atomic E-state index is -4.67. The fraction of sp³-hybridized carbons (Fsp3) is 0.182. The SMILES string of the molecule is Cc1cc(NCCNc2ccc(C(F)(F)F)cc2[N+](=O)[O-])n2c(nc3ccccc32)c1C#N. The molecular formula is C22H17F3N6O2. The van der Waals surface area contributed by atoms with Crippen LogP contribution in [0.2, 0.25) is 0 Å². The highest BCUT2D eigenvalue weighted by Crippen LogP contribution is 2.35. The number of nitro groups is 1. The van der Waals surface area contributed by atoms with E-state index in [-0.39, 0.29) is 12.2 Å². The number of rotatable bonds is 6. The van der Waals surface area contributed by atoms with Gasteiger partial charge in [0, 0.05) is 19.2 Å². The number of aryl methyl sites for hydroxylation is 1. The number of imidazole rings is 1. The van der Waals surface area contributed by atoms with Gasteiger partial charge in [-0.2, -0.15) is 18.4 Å². The zero-order valence-corrected chi connectivity index (χ0v) is 17.3. The van der Waals surface area contributed by atoms with Crippen molar-refractivity contribution in [2.45, 2.75) is 13.1 Å². The Hall–Kier alpha value is -4.33. The second-order valence-corrected chi connectivity index (χ2v) is 7.30. The van der Waals surface area contributed by atoms with Gasteiger partial charge in [0.1, 0.15) is 17.6 Å². The highest BCUT2D eigenvalue weighted by Gasteiger charge is 2.33. The first kappa shape index (κ1) is 21.9. The average Bonchev–Trinajstić information content (AvgIpc) is 3.15. The number of nitrogens with one attached hydrogen (secondary N) is 2. The molecule has 0 radical (unpaired) electrons. The van der Waals surface area contributed by atoms with Gasteiger partial charge in [-0.25, -0.2) is 4.98 Å². The summed E-state index contributed by atoms with van der Waals surface area (Å²) in [7, 11) is 0. The van der Waals surface area contributed by atoms with Gasteiger partial charge in [0.15, 0.2) is 5.65 Å². The van der Waals surface area contributed by atoms with E-state index in [1.54, 1.807) is 13.0 Å². The van der Waals surface area contributed by atoms with Crippen molar-refractivity contribution in [1.82, 2.24) is 9.38 Å². The summed E-state index contributed by atoms with van der Waals surface area (Å²) in [5.41, 5.74) is 1.47. The number of para-hydroxylation sites is 2. The molecule has 168 valence electrons. The van der Waals surface area contributed by atoms with Crippen LogP contribution in [0.15, 0.2) is 48.5 Å². The first-order valence-corrected chi connectivity index (χ1v) is 9.85. The van der Waals surface area contributed by atoms with Crippen molar-refractivity contribution in [3.63, 3.8) is 0 Å². The Bertz CT molecular complexity index is 1420. The molecule has 8 nitrogen and oxygen atoms in total. The van der Waals surface area contributed by atoms with Crippen molar-refractivity contribution in [2.24, 2.45) is 0 Å². The summed E-state index contributed by atoms with van der Waals surface area (Å²) >= 11 is 0. The van der Waals surface area contributed by atoms with E-state index in [1.165, 1.54) is 0 Å². The van der Waals surface area contributed by atoms with Gasteiger partial charge in [0.2, 0.25) is 0 Å². The summed E-state index contributed by atoms with van der Waals surface area (Å²) in [6.45, 7) is 2.29. The maximum atomic E-state index is 12.9. The van der Waals surface area contributed by atoms with E-state index in [0.29, 0.717) is 29.6 Å². The number of hydrogen-bond acceptors (Lipinski definition) is 6. The highest BCUT2D eigenvalue weighted by molar-refractivity contribution is 5.85. The largest absolute Gasteiger partial charge is 0.416 e. The minimum Gasteiger partial charge on any atom is -0.378 e. The standard InChI is InChI=1S/C22H17F3N6O2/c1-13-10-20(30-18-5-3-2-4-17(18)29-21(30)15(13)12-26)28-9-8-27-16-7-6-14(22(23,24)25)11-19(16)31(32)33/h2-7,10-11,27-28H,8-9H2,1H3. The molecule has 4 aromatic rings. The molecule has 11 heteroatoms. The molecule has 2 aromatic heterocycles. The number of fused-ring (bicyclic) bond motifs is 3. The number of nitro benzene ring substituents is 1. The summed E-state index contributed by atoms with van der Waals surface area (Å²) in [6, 6.07) is 13.8. The molecule has 2 heterocycles. The van der Waals surface area contributed by atoms with E-state index in [4.69, 9.17) is 0 Å². The van der Waals surface area contributed by atoms with Crippen LogP contribution < -0.4 is 10.6 Å². The number of nitrogens with zero attached hydrogens (tertiary/aromatic N) is 4. The zero-order chi connectivity index (χ0) is 23.8. The zero-order valence-electron chi connectivity index (χ0n) is 17.3. The monoisotopic (exact) mass is 454 g/mol. The lowest BCUT2D eigenvalue weighted by Crippen LogP contribution is -2.16. The van der Waals surface area contributed by atoms with Gasteiger partial charge in [0.05, 0.1) is 27.1 Å². The Kier molecular flexibility index (Phi) is 5.51. The molecule has 0 unspecified atom stereocenters. The second-order valence-electron chi connectivity index (χ2n) is 7.30. The number of halogens is 3. The number of hydrogen-bond donors (Lipinski definition) is 2. The van der Waals surface area contributed by atoms with Gasteiger partial charge in [0.25, 0.3) is 5.69 Å². The number of alkyl halides is 3. The van der Waals surface area contributed by atoms with Crippen LogP contribution in [0.3, 0.4) is 0 Å². The highest BCUT2D eigenvalue weighted by atomic mass is 19.4. The number of aromatic nitrogens is 2. The van der Waals surface area contributed by atoms with Crippen molar-refractivity contribution in [3.8, 4) is 6.07 Å². The summed E-state index contributed by atoms with van der Waals surface area (Å²) < 4.78 is 40.4. The van der Waals surface area contributed by atoms with E-state index in [0.717, 1.165) is 28.7 Å². The number of pyridine rings is 1. The van der Waals surface area contributed by atoms with Crippen LogP contribution in [-0.4, -0.2) is 27.4 Å². The lowest BCUT2D eigenvalue weighted by atomic mass is 10.1. The van der Waals surface area contributed by atoms with E-state index in [2.05, 4.69) is 21.7 Å². The summed E-state index contributed by atoms with van der Waals surface area (Å²) in [6.07, 6.45) is -4.67. The molecule has 2 N–H and O–H groups in total. The van der Waals surface area contributed by atoms with Crippen LogP contribution >= 0.6 is 0 Å². The molecule has 0 spiro atoms. The van der Waals surface area contributed by atoms with E-state index >= 15 is 0 Å². The van der Waals surface area contributed by atoms with Gasteiger partial charge in [-0.1, -0.05) is 12.1 Å². The van der Waals surface area contributed by atoms with Crippen molar-refractivity contribution in [1.29, 1.82) is 5.26 Å². The predicted octanol–water partition coefficient (Wildman–Crippen LogP) is 5.12. The van der Waals surface area contributed by atoms with Crippen LogP contribution in [0.1, 0.15) is 16.7 Å². The molecule has 0 amide bonds. The second kappa shape index (κ2) is 8.31. The molecule has 2 aromatic carbocycles. The first-order valence-electron chi connectivity index (χ1n) is 9.85. The van der Waals surface area contributed by atoms with Gasteiger partial charge >= 0.3 is 6.18 Å². The molecule has 0 atom stereocenters. The van der Waals surface area contributed by atoms with Gasteiger partial charge in [-0.15, -0.1) is 0 Å². The lowest BCUT2D eigenvalue weighted by Gasteiger charge is -2.14. The third-order valence-electron chi connectivity index (χ3n) is 5.15. The minimum absolute atomic E-state index is 0.0102. The molecule has 4 rings (SSSR count). The van der Waals surface area contributed by atoms with Gasteiger partial charge in [-0.05, 0) is 42.8 Å². The van der Waals surface area contributed by atoms with E-state index in [1.807, 2.05) is 28.7 Å². The van der Waals surface area contributed by atoms with Crippen molar-refractivity contribution < 1.29 is 18.1 Å². The summed E-state index contributed by atoms with van der Waals surface area (Å²) in [4.78, 5) is 14.9. The number of anilines is 2. The van der Waals surface area contributed by atoms with Crippen LogP contribution in [-0.2, 0) is 6.18 Å². The average molecular weight is 454 g/mol. The summed E-state index contributed by atoms with van der Waals surface area (Å²) in [5, 5.41) is 26.8. The Balaban J connectivity index is 1.57. The molecule has 33 heavy (non-hydrogen) atoms. The Labute approximate surface area is 185 Å². The van der Waals surface area contributed by atoms with Crippen LogP contribution in [0.25, 0.3) is 16.7 Å². The molecule has 0 saturated carbocycles. The molecule has 0 aliphatic carbocycles. The Morgan fingerprint density at radius 3 is 2.58 bits per heavy atom. The topological polar surface area (TPSA) is 108 Å². The molecular weight excluding hydrogens is 437 g/mol. The quantitative estimate of drug-likeness (QED) is 0.238. The van der Waals surface area contributed by atoms with Gasteiger partial charge in [-0.3, -0.25) is 14.5 Å². The Morgan fingerprint density at radius 2 is 1.88 bits per heavy atom. The third kappa shape index (κ3) is 4.10. The predicted molar refractivity (Wildman–Crippen MR) is 117 cm³/mol. The summed E-state index contributed by atoms with van der Waals surface area (Å²) in [5.74, 6) is 0.666. The smallest absolute Gasteiger partial charge is 0.378 e. The van der Waals surface area contributed by atoms with Crippen molar-refractivity contribution >= 4 is 33.9 Å². The normalized spacial score (nSPS) is 11.5. The van der Waals surface area contributed by atoms with Crippen molar-refractivity contribution in [3.05, 3.63) is 75.3 Å². The molecule has 0 bridgehead atoms. The number of benzene rings is 2. The fourth-order valence-electron chi connectivity index (χ4n) is 3.62. The molecule has 0 saturated heterocycles. The fourth-order valence-corrected chi connectivity index (χ4v) is 3.62. The van der Waals surface area contributed by atoms with Crippen LogP contribution in [0, 0.1) is 28.4 Å². The van der Waals surface area contributed by atoms with Crippen molar-refractivity contribution in [2.75, 3.05) is 23.7 Å². The molecule has 0 aliphatic heterocycles. The maximum Gasteiger partial charge on any atom is 0.416 e. The van der Waals surface area contributed by atoms with Gasteiger partial charge < -0.3 is 10.6 Å². The van der Waals surface area contributed by atoms with E-state index in [9.17, 15) is 28.5 Å². The molecule has 0 aliphatic rings. The van der Waals surface area contributed by atoms with Crippen LogP contribution in [0.5, 0.6) is 0 Å². The third-order valence-corrected chi connectivity index (χ3v) is 5.15. The first-order chi connectivity index (χ1) is 15.7.